The molecule has 3 nitrogen and oxygen atoms in total. The molecular weight excluding hydrogens is 427 g/mol. The van der Waals surface area contributed by atoms with Crippen LogP contribution in [-0.4, -0.2) is 29.1 Å². The number of carboxylic acids is 1. The first-order chi connectivity index (χ1) is 15.5. The highest BCUT2D eigenvalue weighted by Crippen LogP contribution is 2.39. The smallest absolute Gasteiger partial charge is 0.416 e. The third-order valence-electron chi connectivity index (χ3n) is 6.63. The Morgan fingerprint density at radius 3 is 2.24 bits per heavy atom. The number of alkyl halides is 3. The van der Waals surface area contributed by atoms with Crippen LogP contribution in [0.15, 0.2) is 42.5 Å². The van der Waals surface area contributed by atoms with Crippen LogP contribution in [0.4, 0.5) is 13.2 Å². The Labute approximate surface area is 194 Å². The topological polar surface area (TPSA) is 40.5 Å². The molecule has 33 heavy (non-hydrogen) atoms. The Balaban J connectivity index is 2.05. The molecule has 0 saturated carbocycles. The molecule has 3 rings (SSSR count). The molecule has 0 spiro atoms. The first kappa shape index (κ1) is 25.3. The van der Waals surface area contributed by atoms with Crippen molar-refractivity contribution in [3.8, 4) is 11.1 Å². The van der Waals surface area contributed by atoms with E-state index in [0.717, 1.165) is 62.0 Å². The summed E-state index contributed by atoms with van der Waals surface area (Å²) >= 11 is 0. The second-order valence-corrected chi connectivity index (χ2v) is 9.77. The monoisotopic (exact) mass is 461 g/mol. The van der Waals surface area contributed by atoms with E-state index in [1.54, 1.807) is 0 Å². The molecule has 1 fully saturated rings. The summed E-state index contributed by atoms with van der Waals surface area (Å²) in [6, 6.07) is 11.1. The third kappa shape index (κ3) is 6.83. The zero-order chi connectivity index (χ0) is 24.2. The molecule has 1 atom stereocenters. The SMILES string of the molecule is CC(C)CCC(c1ccc(CC(=O)O)cc1-c1ccc(C(F)(F)F)cc1)N1CCC(C)CC1. The summed E-state index contributed by atoms with van der Waals surface area (Å²) in [5.41, 5.74) is 2.55. The lowest BCUT2D eigenvalue weighted by molar-refractivity contribution is -0.138. The van der Waals surface area contributed by atoms with Gasteiger partial charge in [-0.1, -0.05) is 51.1 Å². The van der Waals surface area contributed by atoms with E-state index in [1.807, 2.05) is 18.2 Å². The van der Waals surface area contributed by atoms with Gasteiger partial charge in [-0.2, -0.15) is 13.2 Å². The maximum absolute atomic E-state index is 13.1. The van der Waals surface area contributed by atoms with E-state index in [-0.39, 0.29) is 12.5 Å². The van der Waals surface area contributed by atoms with Crippen LogP contribution in [0.2, 0.25) is 0 Å². The van der Waals surface area contributed by atoms with Crippen LogP contribution in [-0.2, 0) is 17.4 Å². The number of benzene rings is 2. The molecule has 0 aromatic heterocycles. The van der Waals surface area contributed by atoms with E-state index in [9.17, 15) is 23.1 Å². The maximum Gasteiger partial charge on any atom is 0.416 e. The van der Waals surface area contributed by atoms with Crippen LogP contribution in [0.1, 0.15) is 69.2 Å². The molecule has 2 aromatic rings. The molecule has 1 unspecified atom stereocenters. The summed E-state index contributed by atoms with van der Waals surface area (Å²) < 4.78 is 39.3. The quantitative estimate of drug-likeness (QED) is 0.452. The van der Waals surface area contributed by atoms with Gasteiger partial charge in [0.1, 0.15) is 0 Å². The standard InChI is InChI=1S/C27H34F3NO2/c1-18(2)4-11-25(31-14-12-19(3)13-15-31)23-10-5-20(17-26(32)33)16-24(23)21-6-8-22(9-7-21)27(28,29)30/h5-10,16,18-19,25H,4,11-15,17H2,1-3H3,(H,32,33). The summed E-state index contributed by atoms with van der Waals surface area (Å²) in [5.74, 6) is 0.304. The highest BCUT2D eigenvalue weighted by atomic mass is 19.4. The molecule has 0 aliphatic carbocycles. The fraction of sp³-hybridized carbons (Fsp3) is 0.519. The summed E-state index contributed by atoms with van der Waals surface area (Å²) in [4.78, 5) is 13.8. The molecule has 2 aromatic carbocycles. The predicted molar refractivity (Wildman–Crippen MR) is 125 cm³/mol. The fourth-order valence-corrected chi connectivity index (χ4v) is 4.63. The number of likely N-dealkylation sites (tertiary alicyclic amines) is 1. The first-order valence-electron chi connectivity index (χ1n) is 11.8. The molecule has 0 amide bonds. The molecule has 1 saturated heterocycles. The Morgan fingerprint density at radius 2 is 1.70 bits per heavy atom. The second-order valence-electron chi connectivity index (χ2n) is 9.77. The van der Waals surface area contributed by atoms with Gasteiger partial charge in [-0.25, -0.2) is 0 Å². The number of carbonyl (C=O) groups is 1. The molecular formula is C27H34F3NO2. The Morgan fingerprint density at radius 1 is 1.06 bits per heavy atom. The highest BCUT2D eigenvalue weighted by Gasteiger charge is 2.31. The van der Waals surface area contributed by atoms with Crippen molar-refractivity contribution in [1.82, 2.24) is 4.90 Å². The number of hydrogen-bond donors (Lipinski definition) is 1. The predicted octanol–water partition coefficient (Wildman–Crippen LogP) is 7.21. The van der Waals surface area contributed by atoms with Crippen LogP contribution in [0.5, 0.6) is 0 Å². The normalized spacial score (nSPS) is 16.8. The minimum Gasteiger partial charge on any atom is -0.481 e. The summed E-state index contributed by atoms with van der Waals surface area (Å²) in [6.45, 7) is 8.65. The van der Waals surface area contributed by atoms with Crippen molar-refractivity contribution < 1.29 is 23.1 Å². The molecule has 1 N–H and O–H groups in total. The van der Waals surface area contributed by atoms with Gasteiger partial charge in [0.05, 0.1) is 12.0 Å². The van der Waals surface area contributed by atoms with Crippen molar-refractivity contribution in [2.45, 2.75) is 65.1 Å². The molecule has 1 aliphatic heterocycles. The minimum absolute atomic E-state index is 0.119. The van der Waals surface area contributed by atoms with Gasteiger partial charge in [0.2, 0.25) is 0 Å². The van der Waals surface area contributed by atoms with Crippen molar-refractivity contribution in [2.75, 3.05) is 13.1 Å². The van der Waals surface area contributed by atoms with Crippen LogP contribution in [0, 0.1) is 11.8 Å². The number of hydrogen-bond acceptors (Lipinski definition) is 2. The van der Waals surface area contributed by atoms with Crippen molar-refractivity contribution in [1.29, 1.82) is 0 Å². The van der Waals surface area contributed by atoms with E-state index in [2.05, 4.69) is 25.7 Å². The number of aliphatic carboxylic acids is 1. The molecule has 180 valence electrons. The van der Waals surface area contributed by atoms with Gasteiger partial charge in [-0.05, 0) is 85.0 Å². The van der Waals surface area contributed by atoms with Gasteiger partial charge in [-0.15, -0.1) is 0 Å². The molecule has 6 heteroatoms. The van der Waals surface area contributed by atoms with E-state index < -0.39 is 17.7 Å². The lowest BCUT2D eigenvalue weighted by Crippen LogP contribution is -2.36. The van der Waals surface area contributed by atoms with Gasteiger partial charge in [-0.3, -0.25) is 9.69 Å². The third-order valence-corrected chi connectivity index (χ3v) is 6.63. The van der Waals surface area contributed by atoms with Gasteiger partial charge in [0.15, 0.2) is 0 Å². The second kappa shape index (κ2) is 10.7. The van der Waals surface area contributed by atoms with Gasteiger partial charge in [0.25, 0.3) is 0 Å². The minimum atomic E-state index is -4.39. The van der Waals surface area contributed by atoms with Crippen molar-refractivity contribution >= 4 is 5.97 Å². The Bertz CT molecular complexity index is 929. The zero-order valence-electron chi connectivity index (χ0n) is 19.7. The number of halogens is 3. The molecule has 1 aliphatic rings. The van der Waals surface area contributed by atoms with E-state index in [4.69, 9.17) is 0 Å². The number of rotatable bonds is 8. The number of carboxylic acid groups (broad SMARTS) is 1. The van der Waals surface area contributed by atoms with Crippen molar-refractivity contribution in [2.24, 2.45) is 11.8 Å². The van der Waals surface area contributed by atoms with Gasteiger partial charge in [0, 0.05) is 6.04 Å². The van der Waals surface area contributed by atoms with Crippen LogP contribution in [0.25, 0.3) is 11.1 Å². The number of piperidine rings is 1. The van der Waals surface area contributed by atoms with Gasteiger partial charge >= 0.3 is 12.1 Å². The van der Waals surface area contributed by atoms with Crippen molar-refractivity contribution in [3.63, 3.8) is 0 Å². The molecule has 1 heterocycles. The average Bonchev–Trinajstić information content (AvgIpc) is 2.74. The highest BCUT2D eigenvalue weighted by molar-refractivity contribution is 5.74. The van der Waals surface area contributed by atoms with E-state index in [0.29, 0.717) is 23.0 Å². The van der Waals surface area contributed by atoms with Crippen molar-refractivity contribution in [3.05, 3.63) is 59.2 Å². The van der Waals surface area contributed by atoms with Crippen LogP contribution >= 0.6 is 0 Å². The number of nitrogens with zero attached hydrogens (tertiary/aromatic N) is 1. The summed E-state index contributed by atoms with van der Waals surface area (Å²) in [5, 5.41) is 9.27. The van der Waals surface area contributed by atoms with Crippen LogP contribution < -0.4 is 0 Å². The molecule has 0 radical (unpaired) electrons. The zero-order valence-corrected chi connectivity index (χ0v) is 19.7. The average molecular weight is 462 g/mol. The lowest BCUT2D eigenvalue weighted by Gasteiger charge is -2.38. The first-order valence-corrected chi connectivity index (χ1v) is 11.8. The van der Waals surface area contributed by atoms with E-state index in [1.165, 1.54) is 12.1 Å². The molecule has 0 bridgehead atoms. The largest absolute Gasteiger partial charge is 0.481 e. The summed E-state index contributed by atoms with van der Waals surface area (Å²) in [6.07, 6.45) is -0.254. The summed E-state index contributed by atoms with van der Waals surface area (Å²) in [7, 11) is 0. The Kier molecular flexibility index (Phi) is 8.22. The van der Waals surface area contributed by atoms with Gasteiger partial charge < -0.3 is 5.11 Å². The van der Waals surface area contributed by atoms with E-state index >= 15 is 0 Å². The van der Waals surface area contributed by atoms with Crippen LogP contribution in [0.3, 0.4) is 0 Å². The fourth-order valence-electron chi connectivity index (χ4n) is 4.63. The Hall–Kier alpha value is -2.34. The lowest BCUT2D eigenvalue weighted by atomic mass is 9.86. The maximum atomic E-state index is 13.1.